The molecule has 7 rings (SSSR count). The molecule has 0 heterocycles. The smallest absolute Gasteiger partial charge is 0.0714 e. The summed E-state index contributed by atoms with van der Waals surface area (Å²) < 4.78 is 2.18. The molecule has 0 aliphatic heterocycles. The summed E-state index contributed by atoms with van der Waals surface area (Å²) in [6, 6.07) is 50.0. The third-order valence-electron chi connectivity index (χ3n) is 9.91. The van der Waals surface area contributed by atoms with Crippen molar-refractivity contribution in [2.75, 3.05) is 4.90 Å². The summed E-state index contributed by atoms with van der Waals surface area (Å²) in [6.07, 6.45) is 6.22. The van der Waals surface area contributed by atoms with E-state index in [4.69, 9.17) is 0 Å². The Bertz CT molecular complexity index is 1930. The first-order valence-electron chi connectivity index (χ1n) is 17.1. The van der Waals surface area contributed by atoms with Crippen LogP contribution in [0.4, 0.5) is 17.1 Å². The predicted octanol–water partition coefficient (Wildman–Crippen LogP) is 13.8. The summed E-state index contributed by atoms with van der Waals surface area (Å²) >= 11 is 7.70. The molecule has 0 atom stereocenters. The lowest BCUT2D eigenvalue weighted by Crippen LogP contribution is -2.28. The molecule has 0 saturated carbocycles. The molecule has 1 nitrogen and oxygen atoms in total. The number of fused-ring (bicyclic) bond motifs is 3. The molecule has 0 bridgehead atoms. The minimum absolute atomic E-state index is 0.476. The van der Waals surface area contributed by atoms with Crippen molar-refractivity contribution in [1.29, 1.82) is 0 Å². The zero-order chi connectivity index (χ0) is 33.3. The van der Waals surface area contributed by atoms with Crippen molar-refractivity contribution in [1.82, 2.24) is 0 Å². The Morgan fingerprint density at radius 1 is 0.500 bits per heavy atom. The number of rotatable bonds is 10. The fourth-order valence-electron chi connectivity index (χ4n) is 7.43. The molecule has 48 heavy (non-hydrogen) atoms. The average Bonchev–Trinajstić information content (AvgIpc) is 3.38. The zero-order valence-electron chi connectivity index (χ0n) is 27.9. The fourth-order valence-corrected chi connectivity index (χ4v) is 8.15. The van der Waals surface area contributed by atoms with E-state index in [0.717, 1.165) is 32.4 Å². The van der Waals surface area contributed by atoms with Crippen LogP contribution in [0.1, 0.15) is 71.6 Å². The minimum atomic E-state index is -0.476. The van der Waals surface area contributed by atoms with E-state index in [9.17, 15) is 0 Å². The molecule has 6 aromatic carbocycles. The Morgan fingerprint density at radius 2 is 0.938 bits per heavy atom. The minimum Gasteiger partial charge on any atom is -0.311 e. The second kappa shape index (κ2) is 13.9. The SMILES string of the molecule is CCCCCCc1ccc(C2(c3ccc(N(c4ccc(C)cc4)c4ccc(C)cc4)cc3)c3cc(Br)ccc3-c3ccc(Br)cc32)cc1. The Morgan fingerprint density at radius 3 is 1.40 bits per heavy atom. The largest absolute Gasteiger partial charge is 0.311 e. The molecular formula is C45H41Br2N. The summed E-state index contributed by atoms with van der Waals surface area (Å²) in [5.74, 6) is 0. The van der Waals surface area contributed by atoms with Crippen LogP contribution in [-0.2, 0) is 11.8 Å². The van der Waals surface area contributed by atoms with Crippen LogP contribution in [0.15, 0.2) is 142 Å². The van der Waals surface area contributed by atoms with Gasteiger partial charge in [0.1, 0.15) is 0 Å². The number of aryl methyl sites for hydroxylation is 3. The molecule has 0 N–H and O–H groups in total. The fraction of sp³-hybridized carbons (Fsp3) is 0.200. The molecule has 0 aromatic heterocycles. The molecule has 1 aliphatic carbocycles. The molecule has 0 spiro atoms. The van der Waals surface area contributed by atoms with E-state index < -0.39 is 5.41 Å². The second-order valence-corrected chi connectivity index (χ2v) is 15.0. The lowest BCUT2D eigenvalue weighted by Gasteiger charge is -2.35. The van der Waals surface area contributed by atoms with Crippen molar-refractivity contribution in [2.45, 2.75) is 58.3 Å². The number of benzene rings is 6. The van der Waals surface area contributed by atoms with Gasteiger partial charge in [-0.25, -0.2) is 0 Å². The number of hydrogen-bond donors (Lipinski definition) is 0. The first-order chi connectivity index (χ1) is 23.4. The van der Waals surface area contributed by atoms with Gasteiger partial charge in [-0.3, -0.25) is 0 Å². The van der Waals surface area contributed by atoms with Crippen LogP contribution in [0.2, 0.25) is 0 Å². The van der Waals surface area contributed by atoms with Crippen molar-refractivity contribution in [2.24, 2.45) is 0 Å². The van der Waals surface area contributed by atoms with Gasteiger partial charge in [0, 0.05) is 26.0 Å². The third kappa shape index (κ3) is 6.08. The van der Waals surface area contributed by atoms with Gasteiger partial charge >= 0.3 is 0 Å². The highest BCUT2D eigenvalue weighted by Crippen LogP contribution is 2.57. The van der Waals surface area contributed by atoms with E-state index in [1.54, 1.807) is 0 Å². The maximum Gasteiger partial charge on any atom is 0.0714 e. The van der Waals surface area contributed by atoms with Crippen molar-refractivity contribution in [3.63, 3.8) is 0 Å². The van der Waals surface area contributed by atoms with Crippen LogP contribution in [-0.4, -0.2) is 0 Å². The molecule has 0 amide bonds. The van der Waals surface area contributed by atoms with Crippen LogP contribution < -0.4 is 4.90 Å². The average molecular weight is 756 g/mol. The standard InChI is InChI=1S/C45H41Br2N/c1-4-5-6-7-8-33-13-15-34(16-14-33)45(43-29-36(46)19-27-41(43)42-28-20-37(47)30-44(42)45)35-17-25-40(26-18-35)48(38-21-9-31(2)10-22-38)39-23-11-32(3)12-24-39/h9-30H,4-8H2,1-3H3. The number of unbranched alkanes of at least 4 members (excludes halogenated alkanes) is 3. The Balaban J connectivity index is 1.40. The molecule has 0 saturated heterocycles. The molecule has 6 aromatic rings. The van der Waals surface area contributed by atoms with Gasteiger partial charge in [-0.05, 0) is 126 Å². The molecule has 0 fully saturated rings. The van der Waals surface area contributed by atoms with E-state index in [-0.39, 0.29) is 0 Å². The van der Waals surface area contributed by atoms with E-state index in [2.05, 4.69) is 191 Å². The van der Waals surface area contributed by atoms with Crippen LogP contribution in [0.25, 0.3) is 11.1 Å². The van der Waals surface area contributed by atoms with Crippen LogP contribution in [0, 0.1) is 13.8 Å². The van der Waals surface area contributed by atoms with Crippen LogP contribution in [0.3, 0.4) is 0 Å². The van der Waals surface area contributed by atoms with Gasteiger partial charge in [-0.15, -0.1) is 0 Å². The van der Waals surface area contributed by atoms with E-state index in [1.807, 2.05) is 0 Å². The summed E-state index contributed by atoms with van der Waals surface area (Å²) in [5, 5.41) is 0. The van der Waals surface area contributed by atoms with Gasteiger partial charge in [-0.1, -0.05) is 142 Å². The van der Waals surface area contributed by atoms with Crippen molar-refractivity contribution in [3.05, 3.63) is 181 Å². The Labute approximate surface area is 302 Å². The van der Waals surface area contributed by atoms with Crippen molar-refractivity contribution in [3.8, 4) is 11.1 Å². The van der Waals surface area contributed by atoms with Gasteiger partial charge in [0.15, 0.2) is 0 Å². The molecule has 240 valence electrons. The van der Waals surface area contributed by atoms with Gasteiger partial charge in [-0.2, -0.15) is 0 Å². The van der Waals surface area contributed by atoms with Crippen molar-refractivity contribution >= 4 is 48.9 Å². The Hall–Kier alpha value is -3.92. The van der Waals surface area contributed by atoms with Crippen LogP contribution in [0.5, 0.6) is 0 Å². The Kier molecular flexibility index (Phi) is 9.45. The van der Waals surface area contributed by atoms with Crippen molar-refractivity contribution < 1.29 is 0 Å². The van der Waals surface area contributed by atoms with Gasteiger partial charge in [0.05, 0.1) is 5.41 Å². The van der Waals surface area contributed by atoms with E-state index >= 15 is 0 Å². The first-order valence-corrected chi connectivity index (χ1v) is 18.7. The second-order valence-electron chi connectivity index (χ2n) is 13.2. The summed E-state index contributed by atoms with van der Waals surface area (Å²) in [6.45, 7) is 6.56. The highest BCUT2D eigenvalue weighted by Gasteiger charge is 2.46. The molecule has 3 heteroatoms. The molecule has 1 aliphatic rings. The van der Waals surface area contributed by atoms with Crippen LogP contribution >= 0.6 is 31.9 Å². The maximum atomic E-state index is 3.85. The third-order valence-corrected chi connectivity index (χ3v) is 10.9. The summed E-state index contributed by atoms with van der Waals surface area (Å²) in [5.41, 5.74) is 14.6. The quantitative estimate of drug-likeness (QED) is 0.126. The molecule has 0 radical (unpaired) electrons. The highest BCUT2D eigenvalue weighted by molar-refractivity contribution is 9.10. The number of anilines is 3. The topological polar surface area (TPSA) is 3.24 Å². The van der Waals surface area contributed by atoms with Gasteiger partial charge in [0.25, 0.3) is 0 Å². The van der Waals surface area contributed by atoms with E-state index in [0.29, 0.717) is 0 Å². The number of hydrogen-bond acceptors (Lipinski definition) is 1. The monoisotopic (exact) mass is 753 g/mol. The highest BCUT2D eigenvalue weighted by atomic mass is 79.9. The number of nitrogens with zero attached hydrogens (tertiary/aromatic N) is 1. The van der Waals surface area contributed by atoms with E-state index in [1.165, 1.54) is 75.8 Å². The lowest BCUT2D eigenvalue weighted by molar-refractivity contribution is 0.666. The predicted molar refractivity (Wildman–Crippen MR) is 211 cm³/mol. The molecule has 0 unspecified atom stereocenters. The maximum absolute atomic E-state index is 3.85. The van der Waals surface area contributed by atoms with Gasteiger partial charge in [0.2, 0.25) is 0 Å². The van der Waals surface area contributed by atoms with Gasteiger partial charge < -0.3 is 4.90 Å². The zero-order valence-corrected chi connectivity index (χ0v) is 31.1. The summed E-state index contributed by atoms with van der Waals surface area (Å²) in [4.78, 5) is 2.35. The lowest BCUT2D eigenvalue weighted by atomic mass is 9.67. The first kappa shape index (κ1) is 32.6. The summed E-state index contributed by atoms with van der Waals surface area (Å²) in [7, 11) is 0. The molecular weight excluding hydrogens is 714 g/mol. The number of halogens is 2. The normalized spacial score (nSPS) is 12.9.